The third kappa shape index (κ3) is 4.72. The number of nitrogens with zero attached hydrogens (tertiary/aromatic N) is 3. The van der Waals surface area contributed by atoms with Gasteiger partial charge in [0.1, 0.15) is 5.52 Å². The summed E-state index contributed by atoms with van der Waals surface area (Å²) in [5, 5.41) is 0. The Kier molecular flexibility index (Phi) is 6.13. The van der Waals surface area contributed by atoms with Crippen LogP contribution in [0.5, 0.6) is 6.01 Å². The van der Waals surface area contributed by atoms with Gasteiger partial charge in [-0.3, -0.25) is 4.57 Å². The summed E-state index contributed by atoms with van der Waals surface area (Å²) < 4.78 is 19.3. The molecule has 0 amide bonds. The van der Waals surface area contributed by atoms with Crippen LogP contribution in [0, 0.1) is 5.92 Å². The molecule has 1 aliphatic carbocycles. The smallest absolute Gasteiger partial charge is 0.328 e. The van der Waals surface area contributed by atoms with Gasteiger partial charge in [0.2, 0.25) is 0 Å². The van der Waals surface area contributed by atoms with E-state index < -0.39 is 0 Å². The molecule has 0 bridgehead atoms. The van der Waals surface area contributed by atoms with Crippen LogP contribution in [-0.4, -0.2) is 51.5 Å². The quantitative estimate of drug-likeness (QED) is 0.594. The SMILES string of the molecule is Nc1nc(OCCC2CC2)nc2c1[nH]c(=O)n2C(CCCC1CCCO1)C1CCCO1. The minimum atomic E-state index is -0.219. The van der Waals surface area contributed by atoms with Crippen molar-refractivity contribution in [1.29, 1.82) is 0 Å². The number of rotatable bonds is 10. The molecule has 2 aromatic heterocycles. The number of aromatic nitrogens is 4. The van der Waals surface area contributed by atoms with Crippen molar-refractivity contribution in [2.24, 2.45) is 5.92 Å². The molecule has 3 fully saturated rings. The van der Waals surface area contributed by atoms with Crippen LogP contribution in [0.25, 0.3) is 11.2 Å². The Balaban J connectivity index is 1.39. The fourth-order valence-electron chi connectivity index (χ4n) is 4.91. The highest BCUT2D eigenvalue weighted by Crippen LogP contribution is 2.33. The zero-order valence-electron chi connectivity index (χ0n) is 18.1. The van der Waals surface area contributed by atoms with E-state index in [0.717, 1.165) is 70.5 Å². The lowest BCUT2D eigenvalue weighted by atomic mass is 9.99. The van der Waals surface area contributed by atoms with Crippen LogP contribution in [0.4, 0.5) is 5.82 Å². The number of nitrogens with one attached hydrogen (secondary N) is 1. The Morgan fingerprint density at radius 1 is 1.13 bits per heavy atom. The molecule has 5 rings (SSSR count). The second kappa shape index (κ2) is 9.16. The molecule has 0 radical (unpaired) electrons. The molecule has 3 aliphatic rings. The summed E-state index contributed by atoms with van der Waals surface area (Å²) in [5.41, 5.74) is 6.92. The highest BCUT2D eigenvalue weighted by molar-refractivity contribution is 5.82. The number of hydrogen-bond acceptors (Lipinski definition) is 7. The number of imidazole rings is 1. The Hall–Kier alpha value is -2.13. The zero-order chi connectivity index (χ0) is 21.2. The van der Waals surface area contributed by atoms with Crippen LogP contribution in [0.15, 0.2) is 4.79 Å². The average Bonchev–Trinajstić information content (AvgIpc) is 3.14. The molecule has 9 nitrogen and oxygen atoms in total. The fourth-order valence-corrected chi connectivity index (χ4v) is 4.91. The van der Waals surface area contributed by atoms with Crippen molar-refractivity contribution in [3.05, 3.63) is 10.5 Å². The summed E-state index contributed by atoms with van der Waals surface area (Å²) >= 11 is 0. The molecule has 1 saturated carbocycles. The van der Waals surface area contributed by atoms with Gasteiger partial charge < -0.3 is 24.9 Å². The Labute approximate surface area is 181 Å². The summed E-state index contributed by atoms with van der Waals surface area (Å²) in [4.78, 5) is 24.7. The first-order valence-corrected chi connectivity index (χ1v) is 11.8. The van der Waals surface area contributed by atoms with Crippen LogP contribution in [0.2, 0.25) is 0 Å². The minimum Gasteiger partial charge on any atom is -0.463 e. The van der Waals surface area contributed by atoms with Crippen molar-refractivity contribution >= 4 is 17.0 Å². The van der Waals surface area contributed by atoms with E-state index >= 15 is 0 Å². The Bertz CT molecular complexity index is 941. The molecule has 2 saturated heterocycles. The van der Waals surface area contributed by atoms with Crippen molar-refractivity contribution in [3.8, 4) is 6.01 Å². The lowest BCUT2D eigenvalue weighted by Gasteiger charge is -2.24. The number of fused-ring (bicyclic) bond motifs is 1. The molecule has 170 valence electrons. The predicted molar refractivity (Wildman–Crippen MR) is 116 cm³/mol. The number of nitrogen functional groups attached to an aromatic ring is 1. The normalized spacial score (nSPS) is 24.8. The molecule has 2 aliphatic heterocycles. The number of aromatic amines is 1. The number of anilines is 1. The second-order valence-electron chi connectivity index (χ2n) is 9.16. The van der Waals surface area contributed by atoms with Gasteiger partial charge in [0.15, 0.2) is 11.5 Å². The van der Waals surface area contributed by atoms with E-state index in [2.05, 4.69) is 15.0 Å². The highest BCUT2D eigenvalue weighted by atomic mass is 16.5. The molecule has 4 heterocycles. The summed E-state index contributed by atoms with van der Waals surface area (Å²) in [6.45, 7) is 2.17. The maximum Gasteiger partial charge on any atom is 0.328 e. The molecule has 0 aromatic carbocycles. The summed E-state index contributed by atoms with van der Waals surface area (Å²) in [7, 11) is 0. The Morgan fingerprint density at radius 3 is 2.71 bits per heavy atom. The topological polar surface area (TPSA) is 117 Å². The van der Waals surface area contributed by atoms with Crippen molar-refractivity contribution in [2.75, 3.05) is 25.6 Å². The standard InChI is InChI=1S/C22H33N5O4/c23-19-18-20(26-21(25-19)31-13-10-14-8-9-14)27(22(28)24-18)16(17-7-3-12-30-17)6-1-4-15-5-2-11-29-15/h14-17H,1-13H2,(H,24,28)(H2,23,25,26). The van der Waals surface area contributed by atoms with E-state index in [1.165, 1.54) is 12.8 Å². The summed E-state index contributed by atoms with van der Waals surface area (Å²) in [6, 6.07) is 0.141. The largest absolute Gasteiger partial charge is 0.463 e. The van der Waals surface area contributed by atoms with Gasteiger partial charge in [0, 0.05) is 13.2 Å². The van der Waals surface area contributed by atoms with Gasteiger partial charge in [-0.2, -0.15) is 9.97 Å². The van der Waals surface area contributed by atoms with Gasteiger partial charge >= 0.3 is 11.7 Å². The van der Waals surface area contributed by atoms with E-state index in [1.54, 1.807) is 4.57 Å². The van der Waals surface area contributed by atoms with Crippen molar-refractivity contribution < 1.29 is 14.2 Å². The van der Waals surface area contributed by atoms with Crippen LogP contribution < -0.4 is 16.2 Å². The lowest BCUT2D eigenvalue weighted by molar-refractivity contribution is 0.0584. The third-order valence-corrected chi connectivity index (χ3v) is 6.81. The monoisotopic (exact) mass is 431 g/mol. The molecule has 0 spiro atoms. The van der Waals surface area contributed by atoms with Crippen LogP contribution >= 0.6 is 0 Å². The number of hydrogen-bond donors (Lipinski definition) is 2. The number of nitrogens with two attached hydrogens (primary N) is 1. The zero-order valence-corrected chi connectivity index (χ0v) is 18.1. The summed E-state index contributed by atoms with van der Waals surface area (Å²) in [5.74, 6) is 1.01. The first-order valence-electron chi connectivity index (χ1n) is 11.8. The average molecular weight is 432 g/mol. The molecular formula is C22H33N5O4. The molecule has 9 heteroatoms. The van der Waals surface area contributed by atoms with E-state index in [0.29, 0.717) is 23.9 Å². The molecule has 3 unspecified atom stereocenters. The predicted octanol–water partition coefficient (Wildman–Crippen LogP) is 2.95. The third-order valence-electron chi connectivity index (χ3n) is 6.81. The minimum absolute atomic E-state index is 0.00313. The maximum absolute atomic E-state index is 13.0. The van der Waals surface area contributed by atoms with Gasteiger partial charge in [-0.15, -0.1) is 0 Å². The van der Waals surface area contributed by atoms with Gasteiger partial charge in [-0.25, -0.2) is 4.79 Å². The van der Waals surface area contributed by atoms with E-state index in [-0.39, 0.29) is 29.7 Å². The van der Waals surface area contributed by atoms with Crippen molar-refractivity contribution in [1.82, 2.24) is 19.5 Å². The van der Waals surface area contributed by atoms with Crippen LogP contribution in [-0.2, 0) is 9.47 Å². The van der Waals surface area contributed by atoms with Crippen LogP contribution in [0.3, 0.4) is 0 Å². The first kappa shape index (κ1) is 20.8. The van der Waals surface area contributed by atoms with Crippen LogP contribution in [0.1, 0.15) is 70.3 Å². The van der Waals surface area contributed by atoms with Gasteiger partial charge in [0.05, 0.1) is 24.9 Å². The van der Waals surface area contributed by atoms with Gasteiger partial charge in [-0.05, 0) is 57.3 Å². The highest BCUT2D eigenvalue weighted by Gasteiger charge is 2.31. The van der Waals surface area contributed by atoms with E-state index in [1.807, 2.05) is 0 Å². The first-order chi connectivity index (χ1) is 15.2. The molecule has 2 aromatic rings. The fraction of sp³-hybridized carbons (Fsp3) is 0.773. The van der Waals surface area contributed by atoms with Gasteiger partial charge in [0.25, 0.3) is 0 Å². The summed E-state index contributed by atoms with van der Waals surface area (Å²) in [6.07, 6.45) is 10.9. The maximum atomic E-state index is 13.0. The number of ether oxygens (including phenoxy) is 3. The van der Waals surface area contributed by atoms with Crippen molar-refractivity contribution in [2.45, 2.75) is 82.5 Å². The molecule has 31 heavy (non-hydrogen) atoms. The Morgan fingerprint density at radius 2 is 1.97 bits per heavy atom. The van der Waals surface area contributed by atoms with E-state index in [9.17, 15) is 4.79 Å². The van der Waals surface area contributed by atoms with Gasteiger partial charge in [-0.1, -0.05) is 12.8 Å². The molecular weight excluding hydrogens is 398 g/mol. The molecule has 3 atom stereocenters. The second-order valence-corrected chi connectivity index (χ2v) is 9.16. The number of H-pyrrole nitrogens is 1. The lowest BCUT2D eigenvalue weighted by Crippen LogP contribution is -2.31. The molecule has 3 N–H and O–H groups in total. The van der Waals surface area contributed by atoms with E-state index in [4.69, 9.17) is 19.9 Å². The van der Waals surface area contributed by atoms with Crippen molar-refractivity contribution in [3.63, 3.8) is 0 Å².